The van der Waals surface area contributed by atoms with E-state index in [4.69, 9.17) is 0 Å². The quantitative estimate of drug-likeness (QED) is 0.630. The molecule has 0 bridgehead atoms. The summed E-state index contributed by atoms with van der Waals surface area (Å²) < 4.78 is 0. The minimum Gasteiger partial charge on any atom is -0.357 e. The smallest absolute Gasteiger partial charge is 0.292 e. The average Bonchev–Trinajstić information content (AvgIpc) is 2.35. The molecular weight excluding hydrogens is 222 g/mol. The van der Waals surface area contributed by atoms with Gasteiger partial charge < -0.3 is 10.2 Å². The van der Waals surface area contributed by atoms with E-state index in [1.165, 1.54) is 13.1 Å². The molecule has 1 atom stereocenters. The van der Waals surface area contributed by atoms with Crippen LogP contribution in [0.1, 0.15) is 6.92 Å². The van der Waals surface area contributed by atoms with Gasteiger partial charge in [-0.3, -0.25) is 14.9 Å². The molecule has 1 unspecified atom stereocenters. The normalized spacial score (nSPS) is 11.7. The molecule has 1 N–H and O–H groups in total. The highest BCUT2D eigenvalue weighted by molar-refractivity contribution is 5.85. The van der Waals surface area contributed by atoms with Crippen LogP contribution in [0, 0.1) is 10.1 Å². The van der Waals surface area contributed by atoms with Gasteiger partial charge in [0.05, 0.1) is 4.92 Å². The Morgan fingerprint density at radius 3 is 2.59 bits per heavy atom. The number of nitrogens with zero attached hydrogens (tertiary/aromatic N) is 2. The Kier molecular flexibility index (Phi) is 4.03. The lowest BCUT2D eigenvalue weighted by Crippen LogP contribution is -2.42. The van der Waals surface area contributed by atoms with Gasteiger partial charge in [0, 0.05) is 20.2 Å². The molecule has 0 saturated heterocycles. The molecule has 17 heavy (non-hydrogen) atoms. The second-order valence-electron chi connectivity index (χ2n) is 3.65. The van der Waals surface area contributed by atoms with Crippen molar-refractivity contribution in [3.05, 3.63) is 34.4 Å². The molecule has 0 saturated carbocycles. The van der Waals surface area contributed by atoms with Crippen molar-refractivity contribution in [1.82, 2.24) is 5.32 Å². The third kappa shape index (κ3) is 2.72. The van der Waals surface area contributed by atoms with Gasteiger partial charge in [0.25, 0.3) is 5.69 Å². The molecule has 0 heterocycles. The Hall–Kier alpha value is -2.11. The number of amides is 1. The van der Waals surface area contributed by atoms with Crippen molar-refractivity contribution in [2.75, 3.05) is 19.0 Å². The van der Waals surface area contributed by atoms with Crippen LogP contribution in [0.2, 0.25) is 0 Å². The number of carbonyl (C=O) groups is 1. The van der Waals surface area contributed by atoms with Gasteiger partial charge in [0.2, 0.25) is 5.91 Å². The highest BCUT2D eigenvalue weighted by atomic mass is 16.6. The Balaban J connectivity index is 3.07. The van der Waals surface area contributed by atoms with E-state index in [9.17, 15) is 14.9 Å². The molecule has 1 amide bonds. The molecular formula is C11H15N3O3. The topological polar surface area (TPSA) is 75.5 Å². The second kappa shape index (κ2) is 5.29. The van der Waals surface area contributed by atoms with E-state index in [0.29, 0.717) is 5.69 Å². The fourth-order valence-electron chi connectivity index (χ4n) is 1.51. The standard InChI is InChI=1S/C11H15N3O3/c1-8(11(15)12-2)13(3)9-6-4-5-7-10(9)14(16)17/h4-8H,1-3H3,(H,12,15). The van der Waals surface area contributed by atoms with Crippen molar-refractivity contribution in [3.63, 3.8) is 0 Å². The number of hydrogen-bond acceptors (Lipinski definition) is 4. The van der Waals surface area contributed by atoms with E-state index in [-0.39, 0.29) is 11.6 Å². The third-order valence-electron chi connectivity index (χ3n) is 2.67. The Morgan fingerprint density at radius 1 is 1.47 bits per heavy atom. The molecule has 0 aromatic heterocycles. The monoisotopic (exact) mass is 237 g/mol. The molecule has 6 nitrogen and oxygen atoms in total. The summed E-state index contributed by atoms with van der Waals surface area (Å²) in [6, 6.07) is 5.87. The van der Waals surface area contributed by atoms with Gasteiger partial charge in [-0.25, -0.2) is 0 Å². The summed E-state index contributed by atoms with van der Waals surface area (Å²) in [5.74, 6) is -0.189. The maximum absolute atomic E-state index is 11.5. The van der Waals surface area contributed by atoms with Crippen LogP contribution in [0.25, 0.3) is 0 Å². The van der Waals surface area contributed by atoms with Gasteiger partial charge >= 0.3 is 0 Å². The van der Waals surface area contributed by atoms with Crippen LogP contribution in [0.3, 0.4) is 0 Å². The minimum absolute atomic E-state index is 0.00856. The predicted octanol–water partition coefficient (Wildman–Crippen LogP) is 1.17. The van der Waals surface area contributed by atoms with Crippen molar-refractivity contribution >= 4 is 17.3 Å². The number of likely N-dealkylation sites (N-methyl/N-ethyl adjacent to an activating group) is 2. The zero-order valence-corrected chi connectivity index (χ0v) is 10.0. The molecule has 92 valence electrons. The lowest BCUT2D eigenvalue weighted by atomic mass is 10.2. The molecule has 1 aromatic rings. The van der Waals surface area contributed by atoms with Crippen molar-refractivity contribution in [2.24, 2.45) is 0 Å². The zero-order valence-electron chi connectivity index (χ0n) is 10.0. The van der Waals surface area contributed by atoms with Gasteiger partial charge in [0.1, 0.15) is 11.7 Å². The van der Waals surface area contributed by atoms with Crippen LogP contribution >= 0.6 is 0 Å². The summed E-state index contributed by atoms with van der Waals surface area (Å²) in [5.41, 5.74) is 0.416. The van der Waals surface area contributed by atoms with E-state index in [2.05, 4.69) is 5.32 Å². The number of para-hydroxylation sites is 2. The predicted molar refractivity (Wildman–Crippen MR) is 65.0 cm³/mol. The summed E-state index contributed by atoms with van der Waals surface area (Å²) in [6.07, 6.45) is 0. The van der Waals surface area contributed by atoms with Gasteiger partial charge in [-0.1, -0.05) is 12.1 Å². The number of anilines is 1. The Morgan fingerprint density at radius 2 is 2.06 bits per heavy atom. The van der Waals surface area contributed by atoms with Gasteiger partial charge in [-0.05, 0) is 13.0 Å². The first-order valence-electron chi connectivity index (χ1n) is 5.17. The molecule has 6 heteroatoms. The molecule has 1 aromatic carbocycles. The SMILES string of the molecule is CNC(=O)C(C)N(C)c1ccccc1[N+](=O)[O-]. The van der Waals surface area contributed by atoms with Gasteiger partial charge in [-0.2, -0.15) is 0 Å². The first-order valence-corrected chi connectivity index (χ1v) is 5.17. The van der Waals surface area contributed by atoms with Crippen LogP contribution in [0.4, 0.5) is 11.4 Å². The van der Waals surface area contributed by atoms with Gasteiger partial charge in [-0.15, -0.1) is 0 Å². The van der Waals surface area contributed by atoms with E-state index in [0.717, 1.165) is 0 Å². The second-order valence-corrected chi connectivity index (χ2v) is 3.65. The van der Waals surface area contributed by atoms with E-state index in [1.807, 2.05) is 0 Å². The van der Waals surface area contributed by atoms with Crippen LogP contribution in [0.15, 0.2) is 24.3 Å². The fourth-order valence-corrected chi connectivity index (χ4v) is 1.51. The highest BCUT2D eigenvalue weighted by Crippen LogP contribution is 2.27. The molecule has 1 rings (SSSR count). The molecule has 0 fully saturated rings. The Bertz CT molecular complexity index is 434. The third-order valence-corrected chi connectivity index (χ3v) is 2.67. The highest BCUT2D eigenvalue weighted by Gasteiger charge is 2.23. The maximum Gasteiger partial charge on any atom is 0.292 e. The zero-order chi connectivity index (χ0) is 13.0. The summed E-state index contributed by atoms with van der Waals surface area (Å²) in [6.45, 7) is 1.69. The van der Waals surface area contributed by atoms with Crippen LogP contribution in [0.5, 0.6) is 0 Å². The number of benzene rings is 1. The maximum atomic E-state index is 11.5. The first kappa shape index (κ1) is 13.0. The number of nitro benzene ring substituents is 1. The summed E-state index contributed by atoms with van der Waals surface area (Å²) in [4.78, 5) is 23.5. The number of nitro groups is 1. The van der Waals surface area contributed by atoms with E-state index in [1.54, 1.807) is 37.1 Å². The number of rotatable bonds is 4. The average molecular weight is 237 g/mol. The van der Waals surface area contributed by atoms with Crippen LogP contribution in [-0.4, -0.2) is 31.0 Å². The number of carbonyl (C=O) groups excluding carboxylic acids is 1. The molecule has 0 aliphatic carbocycles. The lowest BCUT2D eigenvalue weighted by Gasteiger charge is -2.25. The Labute approximate surface area is 99.4 Å². The van der Waals surface area contributed by atoms with Crippen molar-refractivity contribution in [1.29, 1.82) is 0 Å². The lowest BCUT2D eigenvalue weighted by molar-refractivity contribution is -0.384. The van der Waals surface area contributed by atoms with Crippen molar-refractivity contribution in [2.45, 2.75) is 13.0 Å². The van der Waals surface area contributed by atoms with Crippen LogP contribution in [-0.2, 0) is 4.79 Å². The summed E-state index contributed by atoms with van der Waals surface area (Å²) >= 11 is 0. The van der Waals surface area contributed by atoms with E-state index >= 15 is 0 Å². The first-order chi connectivity index (χ1) is 7.99. The van der Waals surface area contributed by atoms with Gasteiger partial charge in [0.15, 0.2) is 0 Å². The number of hydrogen-bond donors (Lipinski definition) is 1. The van der Waals surface area contributed by atoms with Crippen molar-refractivity contribution < 1.29 is 9.72 Å². The van der Waals surface area contributed by atoms with Crippen molar-refractivity contribution in [3.8, 4) is 0 Å². The molecule has 0 spiro atoms. The summed E-state index contributed by atoms with van der Waals surface area (Å²) in [7, 11) is 3.19. The van der Waals surface area contributed by atoms with E-state index < -0.39 is 11.0 Å². The molecule has 0 radical (unpaired) electrons. The largest absolute Gasteiger partial charge is 0.357 e. The fraction of sp³-hybridized carbons (Fsp3) is 0.364. The van der Waals surface area contributed by atoms with Crippen LogP contribution < -0.4 is 10.2 Å². The summed E-state index contributed by atoms with van der Waals surface area (Å²) in [5, 5.41) is 13.4. The molecule has 0 aliphatic rings. The minimum atomic E-state index is -0.471. The molecule has 0 aliphatic heterocycles. The number of nitrogens with one attached hydrogen (secondary N) is 1.